The van der Waals surface area contributed by atoms with Crippen molar-refractivity contribution in [3.63, 3.8) is 0 Å². The first kappa shape index (κ1) is 14.7. The van der Waals surface area contributed by atoms with E-state index in [0.717, 1.165) is 16.3 Å². The molecule has 2 rings (SSSR count). The molecule has 1 amide bonds. The lowest BCUT2D eigenvalue weighted by atomic mass is 10.2. The predicted molar refractivity (Wildman–Crippen MR) is 83.9 cm³/mol. The Labute approximate surface area is 123 Å². The molecule has 0 spiro atoms. The Kier molecular flexibility index (Phi) is 5.26. The number of aromatic nitrogens is 1. The highest BCUT2D eigenvalue weighted by Gasteiger charge is 2.05. The second-order valence-electron chi connectivity index (χ2n) is 4.83. The van der Waals surface area contributed by atoms with Crippen LogP contribution < -0.4 is 10.6 Å². The molecule has 0 aliphatic carbocycles. The van der Waals surface area contributed by atoms with Crippen molar-refractivity contribution in [1.29, 1.82) is 0 Å². The van der Waals surface area contributed by atoms with Crippen molar-refractivity contribution >= 4 is 22.9 Å². The van der Waals surface area contributed by atoms with Crippen molar-refractivity contribution in [3.05, 3.63) is 35.8 Å². The van der Waals surface area contributed by atoms with Crippen LogP contribution in [0.4, 0.5) is 5.69 Å². The lowest BCUT2D eigenvalue weighted by Crippen LogP contribution is -2.27. The Morgan fingerprint density at radius 2 is 2.25 bits per heavy atom. The fraction of sp³-hybridized carbons (Fsp3) is 0.333. The number of hydrogen-bond donors (Lipinski definition) is 2. The molecule has 0 fully saturated rings. The van der Waals surface area contributed by atoms with Crippen LogP contribution in [0.25, 0.3) is 10.6 Å². The molecule has 1 aromatic heterocycles. The summed E-state index contributed by atoms with van der Waals surface area (Å²) >= 11 is 1.59. The van der Waals surface area contributed by atoms with E-state index < -0.39 is 0 Å². The lowest BCUT2D eigenvalue weighted by molar-refractivity contribution is -0.116. The van der Waals surface area contributed by atoms with Crippen LogP contribution in [0.3, 0.4) is 0 Å². The number of amides is 1. The summed E-state index contributed by atoms with van der Waals surface area (Å²) in [6.45, 7) is 4.82. The first-order valence-electron chi connectivity index (χ1n) is 6.68. The Balaban J connectivity index is 1.93. The Morgan fingerprint density at radius 3 is 2.95 bits per heavy atom. The lowest BCUT2D eigenvalue weighted by Gasteiger charge is -2.09. The van der Waals surface area contributed by atoms with Gasteiger partial charge in [0.2, 0.25) is 5.91 Å². The molecule has 5 heteroatoms. The van der Waals surface area contributed by atoms with Gasteiger partial charge in [-0.3, -0.25) is 4.79 Å². The molecule has 2 N–H and O–H groups in total. The summed E-state index contributed by atoms with van der Waals surface area (Å²) in [4.78, 5) is 16.1. The van der Waals surface area contributed by atoms with Crippen molar-refractivity contribution in [2.24, 2.45) is 0 Å². The molecule has 106 valence electrons. The highest BCUT2D eigenvalue weighted by molar-refractivity contribution is 7.13. The molecule has 2 aromatic rings. The fourth-order valence-corrected chi connectivity index (χ4v) is 2.43. The molecular formula is C15H19N3OS. The normalized spacial score (nSPS) is 10.8. The van der Waals surface area contributed by atoms with Crippen LogP contribution in [0, 0.1) is 0 Å². The molecule has 0 unspecified atom stereocenters. The Morgan fingerprint density at radius 1 is 1.40 bits per heavy atom. The second-order valence-corrected chi connectivity index (χ2v) is 5.72. The van der Waals surface area contributed by atoms with E-state index in [0.29, 0.717) is 19.0 Å². The second kappa shape index (κ2) is 7.17. The molecule has 0 atom stereocenters. The van der Waals surface area contributed by atoms with Crippen LogP contribution in [0.2, 0.25) is 0 Å². The van der Waals surface area contributed by atoms with Gasteiger partial charge in [-0.25, -0.2) is 4.98 Å². The standard InChI is InChI=1S/C15H19N3OS/c1-11(2)16-7-6-14(19)18-13-5-3-4-12(10-13)15-17-8-9-20-15/h3-5,8-11,16H,6-7H2,1-2H3,(H,18,19). The maximum atomic E-state index is 11.8. The first-order valence-corrected chi connectivity index (χ1v) is 7.56. The minimum atomic E-state index is 0.0226. The zero-order chi connectivity index (χ0) is 14.4. The number of anilines is 1. The van der Waals surface area contributed by atoms with Gasteiger partial charge in [0.15, 0.2) is 0 Å². The summed E-state index contributed by atoms with van der Waals surface area (Å²) in [5.74, 6) is 0.0226. The first-order chi connectivity index (χ1) is 9.65. The van der Waals surface area contributed by atoms with Gasteiger partial charge >= 0.3 is 0 Å². The molecule has 20 heavy (non-hydrogen) atoms. The predicted octanol–water partition coefficient (Wildman–Crippen LogP) is 3.14. The number of thiazole rings is 1. The summed E-state index contributed by atoms with van der Waals surface area (Å²) in [6.07, 6.45) is 2.25. The van der Waals surface area contributed by atoms with Crippen LogP contribution >= 0.6 is 11.3 Å². The summed E-state index contributed by atoms with van der Waals surface area (Å²) < 4.78 is 0. The number of nitrogens with one attached hydrogen (secondary N) is 2. The Bertz CT molecular complexity index is 552. The van der Waals surface area contributed by atoms with Gasteiger partial charge in [0.25, 0.3) is 0 Å². The third-order valence-electron chi connectivity index (χ3n) is 2.73. The van der Waals surface area contributed by atoms with Crippen molar-refractivity contribution < 1.29 is 4.79 Å². The van der Waals surface area contributed by atoms with Crippen molar-refractivity contribution in [2.75, 3.05) is 11.9 Å². The number of carbonyl (C=O) groups is 1. The number of hydrogen-bond acceptors (Lipinski definition) is 4. The summed E-state index contributed by atoms with van der Waals surface area (Å²) in [6, 6.07) is 8.17. The molecular weight excluding hydrogens is 270 g/mol. The largest absolute Gasteiger partial charge is 0.326 e. The smallest absolute Gasteiger partial charge is 0.225 e. The topological polar surface area (TPSA) is 54.0 Å². The number of rotatable bonds is 6. The molecule has 0 saturated heterocycles. The highest BCUT2D eigenvalue weighted by atomic mass is 32.1. The van der Waals surface area contributed by atoms with E-state index >= 15 is 0 Å². The van der Waals surface area contributed by atoms with Crippen molar-refractivity contribution in [3.8, 4) is 10.6 Å². The van der Waals surface area contributed by atoms with Crippen LogP contribution in [0.1, 0.15) is 20.3 Å². The van der Waals surface area contributed by atoms with Crippen LogP contribution in [-0.4, -0.2) is 23.5 Å². The summed E-state index contributed by atoms with van der Waals surface area (Å²) in [5.41, 5.74) is 1.84. The molecule has 4 nitrogen and oxygen atoms in total. The van der Waals surface area contributed by atoms with E-state index in [2.05, 4.69) is 29.5 Å². The maximum Gasteiger partial charge on any atom is 0.225 e. The van der Waals surface area contributed by atoms with Crippen LogP contribution in [0.5, 0.6) is 0 Å². The quantitative estimate of drug-likeness (QED) is 0.859. The maximum absolute atomic E-state index is 11.8. The molecule has 1 heterocycles. The zero-order valence-corrected chi connectivity index (χ0v) is 12.5. The third-order valence-corrected chi connectivity index (χ3v) is 3.55. The van der Waals surface area contributed by atoms with Crippen molar-refractivity contribution in [2.45, 2.75) is 26.3 Å². The van der Waals surface area contributed by atoms with E-state index in [1.807, 2.05) is 29.6 Å². The van der Waals surface area contributed by atoms with Gasteiger partial charge in [-0.2, -0.15) is 0 Å². The number of carbonyl (C=O) groups excluding carboxylic acids is 1. The van der Waals surface area contributed by atoms with E-state index in [1.54, 1.807) is 17.5 Å². The molecule has 0 bridgehead atoms. The van der Waals surface area contributed by atoms with E-state index in [9.17, 15) is 4.79 Å². The molecule has 0 aliphatic rings. The monoisotopic (exact) mass is 289 g/mol. The number of nitrogens with zero attached hydrogens (tertiary/aromatic N) is 1. The van der Waals surface area contributed by atoms with Crippen LogP contribution in [0.15, 0.2) is 35.8 Å². The van der Waals surface area contributed by atoms with Gasteiger partial charge in [-0.15, -0.1) is 11.3 Å². The zero-order valence-electron chi connectivity index (χ0n) is 11.7. The van der Waals surface area contributed by atoms with Crippen LogP contribution in [-0.2, 0) is 4.79 Å². The van der Waals surface area contributed by atoms with Crippen molar-refractivity contribution in [1.82, 2.24) is 10.3 Å². The summed E-state index contributed by atoms with van der Waals surface area (Å²) in [5, 5.41) is 9.05. The number of benzene rings is 1. The van der Waals surface area contributed by atoms with E-state index in [4.69, 9.17) is 0 Å². The van der Waals surface area contributed by atoms with Gasteiger partial charge in [-0.1, -0.05) is 26.0 Å². The molecule has 1 aromatic carbocycles. The minimum Gasteiger partial charge on any atom is -0.326 e. The van der Waals surface area contributed by atoms with Gasteiger partial charge in [0.1, 0.15) is 5.01 Å². The third kappa shape index (κ3) is 4.43. The van der Waals surface area contributed by atoms with Gasteiger partial charge < -0.3 is 10.6 Å². The van der Waals surface area contributed by atoms with Gasteiger partial charge in [-0.05, 0) is 12.1 Å². The van der Waals surface area contributed by atoms with Gasteiger partial charge in [0, 0.05) is 41.8 Å². The van der Waals surface area contributed by atoms with E-state index in [1.165, 1.54) is 0 Å². The highest BCUT2D eigenvalue weighted by Crippen LogP contribution is 2.24. The average Bonchev–Trinajstić information content (AvgIpc) is 2.92. The molecule has 0 radical (unpaired) electrons. The SMILES string of the molecule is CC(C)NCCC(=O)Nc1cccc(-c2nccs2)c1. The average molecular weight is 289 g/mol. The minimum absolute atomic E-state index is 0.0226. The Hall–Kier alpha value is -1.72. The van der Waals surface area contributed by atoms with E-state index in [-0.39, 0.29) is 5.91 Å². The fourth-order valence-electron chi connectivity index (χ4n) is 1.79. The molecule has 0 saturated carbocycles. The molecule has 0 aliphatic heterocycles. The van der Waals surface area contributed by atoms with Gasteiger partial charge in [0.05, 0.1) is 0 Å². The summed E-state index contributed by atoms with van der Waals surface area (Å²) in [7, 11) is 0.